The first-order chi connectivity index (χ1) is 12.8. The number of hydrogen-bond donors (Lipinski definition) is 2. The van der Waals surface area contributed by atoms with Crippen LogP contribution in [0.25, 0.3) is 0 Å². The molecule has 0 unspecified atom stereocenters. The number of nitrogens with one attached hydrogen (secondary N) is 1. The van der Waals surface area contributed by atoms with Crippen LogP contribution in [0, 0.1) is 0 Å². The van der Waals surface area contributed by atoms with Crippen LogP contribution in [-0.4, -0.2) is 46.9 Å². The standard InChI is InChI=1S/C18H21NO7S/c1-24-13-10-15(25-2)17(16(11-13)26-3)27(22,23)19-14(18(20)21)9-12-7-5-4-6-8-12/h4-8,10-11,14,19H,9H2,1-3H3,(H,20,21)/t14-/m1/s1. The van der Waals surface area contributed by atoms with Gasteiger partial charge in [-0.2, -0.15) is 4.72 Å². The van der Waals surface area contributed by atoms with Gasteiger partial charge in [0.2, 0.25) is 10.0 Å². The van der Waals surface area contributed by atoms with Crippen LogP contribution < -0.4 is 18.9 Å². The Kier molecular flexibility index (Phi) is 6.65. The molecule has 2 aromatic rings. The summed E-state index contributed by atoms with van der Waals surface area (Å²) in [7, 11) is -0.259. The lowest BCUT2D eigenvalue weighted by Gasteiger charge is -2.19. The fourth-order valence-electron chi connectivity index (χ4n) is 2.51. The van der Waals surface area contributed by atoms with Crippen molar-refractivity contribution in [3.63, 3.8) is 0 Å². The topological polar surface area (TPSA) is 111 Å². The molecule has 0 bridgehead atoms. The van der Waals surface area contributed by atoms with Gasteiger partial charge in [-0.15, -0.1) is 0 Å². The van der Waals surface area contributed by atoms with Gasteiger partial charge >= 0.3 is 5.97 Å². The summed E-state index contributed by atoms with van der Waals surface area (Å²) in [5.41, 5.74) is 0.682. The molecular formula is C18H21NO7S. The minimum Gasteiger partial charge on any atom is -0.496 e. The molecule has 0 saturated heterocycles. The molecule has 2 rings (SSSR count). The fourth-order valence-corrected chi connectivity index (χ4v) is 4.00. The molecule has 0 radical (unpaired) electrons. The highest BCUT2D eigenvalue weighted by Gasteiger charge is 2.31. The van der Waals surface area contributed by atoms with Crippen molar-refractivity contribution in [1.29, 1.82) is 0 Å². The summed E-state index contributed by atoms with van der Waals surface area (Å²) >= 11 is 0. The van der Waals surface area contributed by atoms with E-state index in [1.807, 2.05) is 0 Å². The summed E-state index contributed by atoms with van der Waals surface area (Å²) in [5, 5.41) is 9.47. The van der Waals surface area contributed by atoms with Crippen molar-refractivity contribution in [1.82, 2.24) is 4.72 Å². The van der Waals surface area contributed by atoms with Gasteiger partial charge in [-0.1, -0.05) is 30.3 Å². The van der Waals surface area contributed by atoms with Gasteiger partial charge in [0.05, 0.1) is 21.3 Å². The SMILES string of the molecule is COc1cc(OC)c(S(=O)(=O)N[C@H](Cc2ccccc2)C(=O)O)c(OC)c1. The normalized spacial score (nSPS) is 12.3. The second-order valence-corrected chi connectivity index (χ2v) is 7.21. The first kappa shape index (κ1) is 20.5. The predicted octanol–water partition coefficient (Wildman–Crippen LogP) is 1.69. The number of aliphatic carboxylic acids is 1. The molecule has 2 aromatic carbocycles. The number of carboxylic acids is 1. The Morgan fingerprint density at radius 3 is 2.04 bits per heavy atom. The van der Waals surface area contributed by atoms with Gasteiger partial charge in [-0.05, 0) is 12.0 Å². The number of methoxy groups -OCH3 is 3. The van der Waals surface area contributed by atoms with Crippen molar-refractivity contribution in [2.45, 2.75) is 17.4 Å². The molecule has 0 heterocycles. The van der Waals surface area contributed by atoms with Crippen LogP contribution in [0.3, 0.4) is 0 Å². The van der Waals surface area contributed by atoms with Crippen LogP contribution in [-0.2, 0) is 21.2 Å². The van der Waals surface area contributed by atoms with Crippen LogP contribution in [0.1, 0.15) is 5.56 Å². The van der Waals surface area contributed by atoms with Crippen molar-refractivity contribution >= 4 is 16.0 Å². The molecule has 8 nitrogen and oxygen atoms in total. The van der Waals surface area contributed by atoms with Gasteiger partial charge in [0.25, 0.3) is 0 Å². The number of sulfonamides is 1. The third-order valence-corrected chi connectivity index (χ3v) is 5.35. The van der Waals surface area contributed by atoms with Crippen LogP contribution in [0.4, 0.5) is 0 Å². The van der Waals surface area contributed by atoms with E-state index in [-0.39, 0.29) is 22.8 Å². The number of carboxylic acid groups (broad SMARTS) is 1. The molecule has 27 heavy (non-hydrogen) atoms. The molecule has 0 aliphatic heterocycles. The van der Waals surface area contributed by atoms with E-state index >= 15 is 0 Å². The lowest BCUT2D eigenvalue weighted by Crippen LogP contribution is -2.42. The average Bonchev–Trinajstić information content (AvgIpc) is 2.66. The average molecular weight is 395 g/mol. The third kappa shape index (κ3) is 4.89. The van der Waals surface area contributed by atoms with Crippen molar-refractivity contribution in [2.75, 3.05) is 21.3 Å². The van der Waals surface area contributed by atoms with E-state index in [1.54, 1.807) is 30.3 Å². The van der Waals surface area contributed by atoms with Gasteiger partial charge in [0.1, 0.15) is 23.3 Å². The summed E-state index contributed by atoms with van der Waals surface area (Å²) in [6, 6.07) is 10.1. The molecule has 0 saturated carbocycles. The summed E-state index contributed by atoms with van der Waals surface area (Å²) < 4.78 is 43.5. The molecule has 0 aliphatic carbocycles. The lowest BCUT2D eigenvalue weighted by molar-refractivity contribution is -0.138. The molecule has 0 aliphatic rings. The highest BCUT2D eigenvalue weighted by Crippen LogP contribution is 2.37. The van der Waals surface area contributed by atoms with Crippen molar-refractivity contribution in [3.05, 3.63) is 48.0 Å². The molecule has 0 aromatic heterocycles. The zero-order chi connectivity index (χ0) is 20.0. The lowest BCUT2D eigenvalue weighted by atomic mass is 10.1. The maximum atomic E-state index is 12.9. The smallest absolute Gasteiger partial charge is 0.322 e. The molecule has 9 heteroatoms. The van der Waals surface area contributed by atoms with Crippen LogP contribution >= 0.6 is 0 Å². The Balaban J connectivity index is 2.43. The van der Waals surface area contributed by atoms with Crippen molar-refractivity contribution in [2.24, 2.45) is 0 Å². The Hall–Kier alpha value is -2.78. The first-order valence-electron chi connectivity index (χ1n) is 7.91. The van der Waals surface area contributed by atoms with Crippen LogP contribution in [0.2, 0.25) is 0 Å². The predicted molar refractivity (Wildman–Crippen MR) is 98.0 cm³/mol. The zero-order valence-electron chi connectivity index (χ0n) is 15.1. The minimum absolute atomic E-state index is 0.0177. The number of hydrogen-bond acceptors (Lipinski definition) is 6. The quantitative estimate of drug-likeness (QED) is 0.664. The van der Waals surface area contributed by atoms with E-state index in [2.05, 4.69) is 4.72 Å². The van der Waals surface area contributed by atoms with Gasteiger partial charge in [-0.3, -0.25) is 4.79 Å². The van der Waals surface area contributed by atoms with E-state index in [4.69, 9.17) is 14.2 Å². The van der Waals surface area contributed by atoms with Gasteiger partial charge in [0.15, 0.2) is 4.90 Å². The maximum Gasteiger partial charge on any atom is 0.322 e. The highest BCUT2D eigenvalue weighted by molar-refractivity contribution is 7.89. The van der Waals surface area contributed by atoms with E-state index in [0.717, 1.165) is 0 Å². The highest BCUT2D eigenvalue weighted by atomic mass is 32.2. The third-order valence-electron chi connectivity index (χ3n) is 3.82. The number of benzene rings is 2. The summed E-state index contributed by atoms with van der Waals surface area (Å²) in [4.78, 5) is 11.3. The van der Waals surface area contributed by atoms with Gasteiger partial charge in [0, 0.05) is 12.1 Å². The molecule has 2 N–H and O–H groups in total. The first-order valence-corrected chi connectivity index (χ1v) is 9.39. The molecule has 0 fully saturated rings. The number of rotatable bonds is 9. The van der Waals surface area contributed by atoms with Gasteiger partial charge < -0.3 is 19.3 Å². The summed E-state index contributed by atoms with van der Waals surface area (Å²) in [6.07, 6.45) is -0.0177. The zero-order valence-corrected chi connectivity index (χ0v) is 15.9. The van der Waals surface area contributed by atoms with E-state index in [1.165, 1.54) is 33.5 Å². The van der Waals surface area contributed by atoms with Crippen LogP contribution in [0.15, 0.2) is 47.4 Å². The monoisotopic (exact) mass is 395 g/mol. The Morgan fingerprint density at radius 1 is 1.04 bits per heavy atom. The number of ether oxygens (including phenoxy) is 3. The van der Waals surface area contributed by atoms with Gasteiger partial charge in [-0.25, -0.2) is 8.42 Å². The van der Waals surface area contributed by atoms with Crippen LogP contribution in [0.5, 0.6) is 17.2 Å². The molecule has 0 amide bonds. The molecule has 146 valence electrons. The molecular weight excluding hydrogens is 374 g/mol. The summed E-state index contributed by atoms with van der Waals surface area (Å²) in [6.45, 7) is 0. The van der Waals surface area contributed by atoms with E-state index in [0.29, 0.717) is 11.3 Å². The van der Waals surface area contributed by atoms with E-state index < -0.39 is 22.0 Å². The van der Waals surface area contributed by atoms with E-state index in [9.17, 15) is 18.3 Å². The maximum absolute atomic E-state index is 12.9. The minimum atomic E-state index is -4.27. The second-order valence-electron chi connectivity index (χ2n) is 5.56. The fraction of sp³-hybridized carbons (Fsp3) is 0.278. The molecule has 0 spiro atoms. The Morgan fingerprint density at radius 2 is 1.59 bits per heavy atom. The van der Waals surface area contributed by atoms with Crippen molar-refractivity contribution in [3.8, 4) is 17.2 Å². The second kappa shape index (κ2) is 8.74. The molecule has 1 atom stereocenters. The number of carbonyl (C=O) groups is 1. The largest absolute Gasteiger partial charge is 0.496 e. The Bertz CT molecular complexity index is 872. The van der Waals surface area contributed by atoms with Crippen molar-refractivity contribution < 1.29 is 32.5 Å². The Labute approximate surface area is 157 Å². The summed E-state index contributed by atoms with van der Waals surface area (Å²) in [5.74, 6) is -1.01.